The summed E-state index contributed by atoms with van der Waals surface area (Å²) in [6, 6.07) is 13.3. The number of hydrogen-bond donors (Lipinski definition) is 3. The molecule has 0 saturated carbocycles. The largest absolute Gasteiger partial charge is 0.382 e. The van der Waals surface area contributed by atoms with Gasteiger partial charge in [-0.15, -0.1) is 0 Å². The molecule has 1 amide bonds. The number of hydrogen-bond acceptors (Lipinski definition) is 3. The Morgan fingerprint density at radius 1 is 1.08 bits per heavy atom. The van der Waals surface area contributed by atoms with Crippen LogP contribution in [0.15, 0.2) is 47.6 Å². The van der Waals surface area contributed by atoms with Crippen molar-refractivity contribution in [3.8, 4) is 0 Å². The maximum atomic E-state index is 12.5. The Balaban J connectivity index is 2.24. The van der Waals surface area contributed by atoms with Crippen molar-refractivity contribution >= 4 is 17.4 Å². The van der Waals surface area contributed by atoms with Crippen LogP contribution in [-0.4, -0.2) is 18.8 Å². The summed E-state index contributed by atoms with van der Waals surface area (Å²) in [5.41, 5.74) is 12.9. The van der Waals surface area contributed by atoms with E-state index in [1.165, 1.54) is 5.56 Å². The van der Waals surface area contributed by atoms with Gasteiger partial charge in [0.2, 0.25) is 0 Å². The molecule has 0 saturated heterocycles. The van der Waals surface area contributed by atoms with Gasteiger partial charge in [0.25, 0.3) is 5.91 Å². The lowest BCUT2D eigenvalue weighted by atomic mass is 9.86. The van der Waals surface area contributed by atoms with Gasteiger partial charge in [0.05, 0.1) is 0 Å². The van der Waals surface area contributed by atoms with Gasteiger partial charge in [-0.2, -0.15) is 5.10 Å². The van der Waals surface area contributed by atoms with Gasteiger partial charge in [-0.25, -0.2) is 0 Å². The Labute approximate surface area is 149 Å². The van der Waals surface area contributed by atoms with Crippen LogP contribution in [0.3, 0.4) is 0 Å². The summed E-state index contributed by atoms with van der Waals surface area (Å²) in [7, 11) is 1.69. The molecule has 132 valence electrons. The predicted octanol–water partition coefficient (Wildman–Crippen LogP) is 3.38. The highest BCUT2D eigenvalue weighted by molar-refractivity contribution is 6.06. The van der Waals surface area contributed by atoms with Crippen LogP contribution in [0.4, 0.5) is 5.69 Å². The third-order valence-electron chi connectivity index (χ3n) is 4.10. The lowest BCUT2D eigenvalue weighted by Crippen LogP contribution is -2.20. The lowest BCUT2D eigenvalue weighted by Gasteiger charge is -2.19. The minimum atomic E-state index is -0.148. The number of carbonyl (C=O) groups is 1. The SMILES string of the molecule is CNN=C(N)c1cccc(NC(=O)c2ccc(C(C)(C)C)cc2)c1C. The highest BCUT2D eigenvalue weighted by Gasteiger charge is 2.15. The molecule has 0 bridgehead atoms. The molecule has 5 heteroatoms. The lowest BCUT2D eigenvalue weighted by molar-refractivity contribution is 0.102. The summed E-state index contributed by atoms with van der Waals surface area (Å²) in [4.78, 5) is 12.5. The second-order valence-corrected chi connectivity index (χ2v) is 6.98. The molecule has 0 aliphatic carbocycles. The highest BCUT2D eigenvalue weighted by Crippen LogP contribution is 2.23. The molecule has 2 aromatic rings. The maximum Gasteiger partial charge on any atom is 0.255 e. The second kappa shape index (κ2) is 7.38. The van der Waals surface area contributed by atoms with Crippen molar-refractivity contribution in [2.45, 2.75) is 33.1 Å². The smallest absolute Gasteiger partial charge is 0.255 e. The first-order valence-corrected chi connectivity index (χ1v) is 8.26. The zero-order valence-corrected chi connectivity index (χ0v) is 15.5. The number of nitrogens with zero attached hydrogens (tertiary/aromatic N) is 1. The molecule has 0 radical (unpaired) electrons. The van der Waals surface area contributed by atoms with Gasteiger partial charge in [0.1, 0.15) is 0 Å². The van der Waals surface area contributed by atoms with Gasteiger partial charge < -0.3 is 16.5 Å². The first-order valence-electron chi connectivity index (χ1n) is 8.26. The van der Waals surface area contributed by atoms with E-state index in [0.29, 0.717) is 11.4 Å². The fourth-order valence-electron chi connectivity index (χ4n) is 2.55. The highest BCUT2D eigenvalue weighted by atomic mass is 16.1. The molecule has 25 heavy (non-hydrogen) atoms. The number of benzene rings is 2. The Morgan fingerprint density at radius 2 is 1.72 bits per heavy atom. The van der Waals surface area contributed by atoms with Crippen molar-refractivity contribution < 1.29 is 4.79 Å². The Hall–Kier alpha value is -2.82. The molecule has 2 rings (SSSR count). The van der Waals surface area contributed by atoms with Crippen LogP contribution in [0.5, 0.6) is 0 Å². The molecule has 0 aliphatic rings. The molecule has 0 fully saturated rings. The van der Waals surface area contributed by atoms with Gasteiger partial charge in [0, 0.05) is 23.9 Å². The maximum absolute atomic E-state index is 12.5. The van der Waals surface area contributed by atoms with Crippen molar-refractivity contribution in [3.05, 3.63) is 64.7 Å². The molecule has 2 aromatic carbocycles. The van der Waals surface area contributed by atoms with Crippen molar-refractivity contribution in [2.75, 3.05) is 12.4 Å². The summed E-state index contributed by atoms with van der Waals surface area (Å²) in [5.74, 6) is 0.232. The minimum absolute atomic E-state index is 0.0596. The van der Waals surface area contributed by atoms with E-state index in [9.17, 15) is 4.79 Å². The number of amidine groups is 1. The Bertz CT molecular complexity index is 786. The Morgan fingerprint density at radius 3 is 2.28 bits per heavy atom. The predicted molar refractivity (Wildman–Crippen MR) is 104 cm³/mol. The average molecular weight is 338 g/mol. The van der Waals surface area contributed by atoms with Crippen LogP contribution in [-0.2, 0) is 5.41 Å². The van der Waals surface area contributed by atoms with Crippen molar-refractivity contribution in [1.82, 2.24) is 5.43 Å². The van der Waals surface area contributed by atoms with Crippen LogP contribution in [0.25, 0.3) is 0 Å². The van der Waals surface area contributed by atoms with Crippen LogP contribution < -0.4 is 16.5 Å². The van der Waals surface area contributed by atoms with E-state index in [4.69, 9.17) is 5.73 Å². The fraction of sp³-hybridized carbons (Fsp3) is 0.300. The number of amides is 1. The average Bonchev–Trinajstić information content (AvgIpc) is 2.56. The van der Waals surface area contributed by atoms with E-state index in [1.807, 2.05) is 49.4 Å². The summed E-state index contributed by atoms with van der Waals surface area (Å²) in [5, 5.41) is 6.95. The first kappa shape index (κ1) is 18.5. The van der Waals surface area contributed by atoms with Crippen molar-refractivity contribution in [2.24, 2.45) is 10.8 Å². The molecule has 0 spiro atoms. The fourth-order valence-corrected chi connectivity index (χ4v) is 2.55. The monoisotopic (exact) mass is 338 g/mol. The van der Waals surface area contributed by atoms with Crippen LogP contribution in [0.1, 0.15) is 47.8 Å². The number of nitrogens with two attached hydrogens (primary N) is 1. The molecule has 0 heterocycles. The third kappa shape index (κ3) is 4.38. The zero-order valence-electron chi connectivity index (χ0n) is 15.5. The van der Waals surface area contributed by atoms with Gasteiger partial charge in [0.15, 0.2) is 5.84 Å². The van der Waals surface area contributed by atoms with Crippen LogP contribution in [0, 0.1) is 6.92 Å². The third-order valence-corrected chi connectivity index (χ3v) is 4.10. The van der Waals surface area contributed by atoms with E-state index < -0.39 is 0 Å². The first-order chi connectivity index (χ1) is 11.7. The number of anilines is 1. The molecule has 0 aliphatic heterocycles. The number of hydrazone groups is 1. The summed E-state index contributed by atoms with van der Waals surface area (Å²) < 4.78 is 0. The molecule has 5 nitrogen and oxygen atoms in total. The summed E-state index contributed by atoms with van der Waals surface area (Å²) in [6.07, 6.45) is 0. The second-order valence-electron chi connectivity index (χ2n) is 6.98. The van der Waals surface area contributed by atoms with Crippen molar-refractivity contribution in [1.29, 1.82) is 0 Å². The van der Waals surface area contributed by atoms with Gasteiger partial charge in [-0.3, -0.25) is 4.79 Å². The van der Waals surface area contributed by atoms with E-state index >= 15 is 0 Å². The van der Waals surface area contributed by atoms with E-state index in [1.54, 1.807) is 7.05 Å². The topological polar surface area (TPSA) is 79.5 Å². The van der Waals surface area contributed by atoms with E-state index in [2.05, 4.69) is 36.6 Å². The van der Waals surface area contributed by atoms with E-state index in [0.717, 1.165) is 16.8 Å². The summed E-state index contributed by atoms with van der Waals surface area (Å²) >= 11 is 0. The normalized spacial score (nSPS) is 12.0. The standard InChI is InChI=1S/C20H26N4O/c1-13-16(18(21)24-22-5)7-6-8-17(13)23-19(25)14-9-11-15(12-10-14)20(2,3)4/h6-12,22H,1-5H3,(H2,21,24)(H,23,25). The molecule has 0 atom stereocenters. The number of carbonyl (C=O) groups excluding carboxylic acids is 1. The molecular weight excluding hydrogens is 312 g/mol. The zero-order chi connectivity index (χ0) is 18.6. The Kier molecular flexibility index (Phi) is 5.47. The molecular formula is C20H26N4O. The number of nitrogens with one attached hydrogen (secondary N) is 2. The van der Waals surface area contributed by atoms with Gasteiger partial charge >= 0.3 is 0 Å². The van der Waals surface area contributed by atoms with E-state index in [-0.39, 0.29) is 11.3 Å². The number of rotatable bonds is 4. The van der Waals surface area contributed by atoms with Gasteiger partial charge in [-0.05, 0) is 41.7 Å². The van der Waals surface area contributed by atoms with Gasteiger partial charge in [-0.1, -0.05) is 45.0 Å². The van der Waals surface area contributed by atoms with Crippen LogP contribution in [0.2, 0.25) is 0 Å². The minimum Gasteiger partial charge on any atom is -0.382 e. The van der Waals surface area contributed by atoms with Crippen LogP contribution >= 0.6 is 0 Å². The summed E-state index contributed by atoms with van der Waals surface area (Å²) in [6.45, 7) is 8.35. The quantitative estimate of drug-likeness (QED) is 0.454. The molecule has 0 aromatic heterocycles. The molecule has 4 N–H and O–H groups in total. The molecule has 0 unspecified atom stereocenters. The van der Waals surface area contributed by atoms with Crippen molar-refractivity contribution in [3.63, 3.8) is 0 Å².